The van der Waals surface area contributed by atoms with Crippen LogP contribution in [0, 0.1) is 0 Å². The van der Waals surface area contributed by atoms with Gasteiger partial charge >= 0.3 is 10.2 Å². The zero-order valence-corrected chi connectivity index (χ0v) is 12.5. The van der Waals surface area contributed by atoms with E-state index in [1.165, 1.54) is 4.31 Å². The number of aromatic nitrogens is 2. The maximum Gasteiger partial charge on any atom is 0.302 e. The van der Waals surface area contributed by atoms with E-state index in [2.05, 4.69) is 14.7 Å². The SMILES string of the molecule is O=S(=O)(Nc1ncnc(Cl)c1Cl)N1CCCCCC1. The van der Waals surface area contributed by atoms with Crippen LogP contribution >= 0.6 is 23.2 Å². The molecule has 0 spiro atoms. The molecule has 0 unspecified atom stereocenters. The molecular formula is C10H14Cl2N4O2S. The average molecular weight is 325 g/mol. The van der Waals surface area contributed by atoms with Crippen LogP contribution in [0.1, 0.15) is 25.7 Å². The first-order valence-electron chi connectivity index (χ1n) is 5.94. The summed E-state index contributed by atoms with van der Waals surface area (Å²) < 4.78 is 28.2. The van der Waals surface area contributed by atoms with Gasteiger partial charge in [-0.15, -0.1) is 0 Å². The fourth-order valence-electron chi connectivity index (χ4n) is 1.89. The third-order valence-corrected chi connectivity index (χ3v) is 5.12. The third-order valence-electron chi connectivity index (χ3n) is 2.88. The zero-order chi connectivity index (χ0) is 13.9. The second-order valence-corrected chi connectivity index (χ2v) is 6.65. The normalized spacial score (nSPS) is 18.0. The predicted octanol–water partition coefficient (Wildman–Crippen LogP) is 2.32. The summed E-state index contributed by atoms with van der Waals surface area (Å²) in [6, 6.07) is 0. The van der Waals surface area contributed by atoms with Gasteiger partial charge in [0, 0.05) is 13.1 Å². The summed E-state index contributed by atoms with van der Waals surface area (Å²) in [4.78, 5) is 7.47. The Morgan fingerprint density at radius 1 is 1.11 bits per heavy atom. The molecule has 0 aromatic carbocycles. The van der Waals surface area contributed by atoms with Gasteiger partial charge in [0.2, 0.25) is 0 Å². The van der Waals surface area contributed by atoms with Crippen LogP contribution in [-0.2, 0) is 10.2 Å². The van der Waals surface area contributed by atoms with Gasteiger partial charge in [-0.2, -0.15) is 12.7 Å². The summed E-state index contributed by atoms with van der Waals surface area (Å²) in [5.74, 6) is 0.00548. The fourth-order valence-corrected chi connectivity index (χ4v) is 3.49. The van der Waals surface area contributed by atoms with Crippen molar-refractivity contribution < 1.29 is 8.42 Å². The summed E-state index contributed by atoms with van der Waals surface area (Å²) in [6.45, 7) is 1.01. The minimum absolute atomic E-state index is 0.00237. The van der Waals surface area contributed by atoms with Crippen LogP contribution < -0.4 is 4.72 Å². The number of halogens is 2. The van der Waals surface area contributed by atoms with Crippen LogP contribution in [0.2, 0.25) is 10.2 Å². The van der Waals surface area contributed by atoms with E-state index in [0.29, 0.717) is 13.1 Å². The lowest BCUT2D eigenvalue weighted by atomic mass is 10.2. The number of hydrogen-bond acceptors (Lipinski definition) is 4. The molecule has 0 bridgehead atoms. The summed E-state index contributed by atoms with van der Waals surface area (Å²) in [5.41, 5.74) is 0. The van der Waals surface area contributed by atoms with Crippen LogP contribution in [0.4, 0.5) is 5.82 Å². The molecule has 0 radical (unpaired) electrons. The van der Waals surface area contributed by atoms with E-state index in [0.717, 1.165) is 32.0 Å². The molecule has 0 aliphatic carbocycles. The molecule has 1 saturated heterocycles. The average Bonchev–Trinajstić information content (AvgIpc) is 2.64. The van der Waals surface area contributed by atoms with Crippen molar-refractivity contribution in [3.05, 3.63) is 16.5 Å². The molecule has 0 atom stereocenters. The van der Waals surface area contributed by atoms with Gasteiger partial charge < -0.3 is 0 Å². The van der Waals surface area contributed by atoms with Gasteiger partial charge in [0.05, 0.1) is 0 Å². The van der Waals surface area contributed by atoms with Crippen molar-refractivity contribution in [3.8, 4) is 0 Å². The lowest BCUT2D eigenvalue weighted by molar-refractivity contribution is 0.427. The molecule has 19 heavy (non-hydrogen) atoms. The Kier molecular flexibility index (Phi) is 4.83. The molecule has 1 aliphatic rings. The maximum absolute atomic E-state index is 12.2. The summed E-state index contributed by atoms with van der Waals surface area (Å²) in [5, 5.41) is 0.0211. The quantitative estimate of drug-likeness (QED) is 0.866. The second-order valence-electron chi connectivity index (χ2n) is 4.25. The standard InChI is InChI=1S/C10H14Cl2N4O2S/c11-8-9(12)13-7-14-10(8)15-19(17,18)16-5-3-1-2-4-6-16/h7H,1-6H2,(H,13,14,15). The highest BCUT2D eigenvalue weighted by molar-refractivity contribution is 7.90. The van der Waals surface area contributed by atoms with Crippen LogP contribution in [0.3, 0.4) is 0 Å². The van der Waals surface area contributed by atoms with E-state index in [4.69, 9.17) is 23.2 Å². The molecular weight excluding hydrogens is 311 g/mol. The predicted molar refractivity (Wildman–Crippen MR) is 74.6 cm³/mol. The van der Waals surface area contributed by atoms with E-state index < -0.39 is 10.2 Å². The number of anilines is 1. The molecule has 6 nitrogen and oxygen atoms in total. The first-order chi connectivity index (χ1) is 9.00. The number of rotatable bonds is 3. The Balaban J connectivity index is 2.18. The Labute approximate surface area is 122 Å². The van der Waals surface area contributed by atoms with Gasteiger partial charge in [0.15, 0.2) is 11.0 Å². The van der Waals surface area contributed by atoms with Crippen molar-refractivity contribution in [1.29, 1.82) is 0 Å². The molecule has 106 valence electrons. The minimum Gasteiger partial charge on any atom is -0.253 e. The Morgan fingerprint density at radius 3 is 2.37 bits per heavy atom. The Bertz CT molecular complexity index is 544. The van der Waals surface area contributed by atoms with Crippen molar-refractivity contribution >= 4 is 39.2 Å². The van der Waals surface area contributed by atoms with E-state index in [1.807, 2.05) is 0 Å². The van der Waals surface area contributed by atoms with Crippen LogP contribution in [-0.4, -0.2) is 35.8 Å². The van der Waals surface area contributed by atoms with E-state index >= 15 is 0 Å². The molecule has 1 aliphatic heterocycles. The first-order valence-corrected chi connectivity index (χ1v) is 8.14. The second kappa shape index (κ2) is 6.21. The molecule has 9 heteroatoms. The number of nitrogens with zero attached hydrogens (tertiary/aromatic N) is 3. The molecule has 0 saturated carbocycles. The lowest BCUT2D eigenvalue weighted by Crippen LogP contribution is -2.36. The van der Waals surface area contributed by atoms with Gasteiger partial charge in [-0.25, -0.2) is 9.97 Å². The van der Waals surface area contributed by atoms with E-state index in [1.54, 1.807) is 0 Å². The van der Waals surface area contributed by atoms with Crippen LogP contribution in [0.15, 0.2) is 6.33 Å². The topological polar surface area (TPSA) is 75.2 Å². The smallest absolute Gasteiger partial charge is 0.253 e. The molecule has 1 aromatic rings. The Morgan fingerprint density at radius 2 is 1.74 bits per heavy atom. The lowest BCUT2D eigenvalue weighted by Gasteiger charge is -2.20. The van der Waals surface area contributed by atoms with Crippen molar-refractivity contribution in [3.63, 3.8) is 0 Å². The molecule has 1 aromatic heterocycles. The molecule has 2 rings (SSSR count). The van der Waals surface area contributed by atoms with Gasteiger partial charge in [0.1, 0.15) is 11.3 Å². The highest BCUT2D eigenvalue weighted by Crippen LogP contribution is 2.27. The fraction of sp³-hybridized carbons (Fsp3) is 0.600. The van der Waals surface area contributed by atoms with Crippen LogP contribution in [0.5, 0.6) is 0 Å². The molecule has 1 N–H and O–H groups in total. The van der Waals surface area contributed by atoms with Gasteiger partial charge in [-0.1, -0.05) is 36.0 Å². The zero-order valence-electron chi connectivity index (χ0n) is 10.1. The maximum atomic E-state index is 12.2. The first kappa shape index (κ1) is 14.8. The largest absolute Gasteiger partial charge is 0.302 e. The Hall–Kier alpha value is -0.630. The highest BCUT2D eigenvalue weighted by Gasteiger charge is 2.24. The monoisotopic (exact) mass is 324 g/mol. The molecule has 0 amide bonds. The van der Waals surface area contributed by atoms with Crippen LogP contribution in [0.25, 0.3) is 0 Å². The van der Waals surface area contributed by atoms with E-state index in [-0.39, 0.29) is 16.0 Å². The molecule has 1 fully saturated rings. The van der Waals surface area contributed by atoms with Crippen molar-refractivity contribution in [2.45, 2.75) is 25.7 Å². The van der Waals surface area contributed by atoms with Crippen molar-refractivity contribution in [2.75, 3.05) is 17.8 Å². The summed E-state index contributed by atoms with van der Waals surface area (Å²) in [6.07, 6.45) is 4.98. The summed E-state index contributed by atoms with van der Waals surface area (Å²) in [7, 11) is -3.65. The van der Waals surface area contributed by atoms with Gasteiger partial charge in [0.25, 0.3) is 0 Å². The van der Waals surface area contributed by atoms with Gasteiger partial charge in [-0.3, -0.25) is 4.72 Å². The molecule has 2 heterocycles. The third kappa shape index (κ3) is 3.68. The minimum atomic E-state index is -3.65. The number of nitrogens with one attached hydrogen (secondary N) is 1. The van der Waals surface area contributed by atoms with Crippen molar-refractivity contribution in [2.24, 2.45) is 0 Å². The van der Waals surface area contributed by atoms with E-state index in [9.17, 15) is 8.42 Å². The number of hydrogen-bond donors (Lipinski definition) is 1. The highest BCUT2D eigenvalue weighted by atomic mass is 35.5. The summed E-state index contributed by atoms with van der Waals surface area (Å²) >= 11 is 11.6. The van der Waals surface area contributed by atoms with Crippen molar-refractivity contribution in [1.82, 2.24) is 14.3 Å². The van der Waals surface area contributed by atoms with Gasteiger partial charge in [-0.05, 0) is 12.8 Å².